The van der Waals surface area contributed by atoms with Gasteiger partial charge in [-0.25, -0.2) is 0 Å². The van der Waals surface area contributed by atoms with Gasteiger partial charge in [-0.1, -0.05) is 133 Å². The molecule has 12 rings (SSSR count). The Labute approximate surface area is 286 Å². The molecule has 230 valence electrons. The van der Waals surface area contributed by atoms with Crippen LogP contribution in [0.5, 0.6) is 11.5 Å². The molecule has 0 saturated carbocycles. The van der Waals surface area contributed by atoms with Crippen molar-refractivity contribution in [3.8, 4) is 44.9 Å². The van der Waals surface area contributed by atoms with Gasteiger partial charge in [-0.3, -0.25) is 0 Å². The minimum atomic E-state index is 0.862. The molecule has 0 bridgehead atoms. The number of benzene rings is 10. The van der Waals surface area contributed by atoms with Crippen molar-refractivity contribution in [1.29, 1.82) is 0 Å². The van der Waals surface area contributed by atoms with E-state index in [0.29, 0.717) is 0 Å². The van der Waals surface area contributed by atoms with E-state index < -0.39 is 0 Å². The van der Waals surface area contributed by atoms with Gasteiger partial charge in [-0.05, 0) is 89.4 Å². The second kappa shape index (κ2) is 9.49. The average molecular weight is 635 g/mol. The number of fused-ring (bicyclic) bond motifs is 6. The number of rotatable bonds is 2. The molecule has 0 N–H and O–H groups in total. The first-order chi connectivity index (χ1) is 24.8. The SMILES string of the molecule is c1cc(-c2ccc(-c3ccc4ccc5cccc6ccc3c4c56)c3c2oc2cc4ccccc4cc23)c2c(c1)-c1cccc3cccc(c13)O2. The molecule has 2 heteroatoms. The third-order valence-corrected chi connectivity index (χ3v) is 11.0. The molecular weight excluding hydrogens is 609 g/mol. The van der Waals surface area contributed by atoms with Crippen molar-refractivity contribution in [3.05, 3.63) is 158 Å². The van der Waals surface area contributed by atoms with E-state index in [1.54, 1.807) is 0 Å². The van der Waals surface area contributed by atoms with E-state index in [2.05, 4.69) is 158 Å². The summed E-state index contributed by atoms with van der Waals surface area (Å²) in [5, 5.41) is 14.6. The molecule has 0 amide bonds. The lowest BCUT2D eigenvalue weighted by Crippen LogP contribution is -1.99. The maximum Gasteiger partial charge on any atom is 0.144 e. The molecule has 0 unspecified atom stereocenters. The molecule has 0 aliphatic carbocycles. The molecule has 0 spiro atoms. The van der Waals surface area contributed by atoms with Crippen LogP contribution >= 0.6 is 0 Å². The van der Waals surface area contributed by atoms with E-state index in [9.17, 15) is 0 Å². The van der Waals surface area contributed by atoms with Crippen LogP contribution in [0.15, 0.2) is 162 Å². The van der Waals surface area contributed by atoms with Gasteiger partial charge >= 0.3 is 0 Å². The van der Waals surface area contributed by atoms with E-state index in [0.717, 1.165) is 66.5 Å². The van der Waals surface area contributed by atoms with Crippen LogP contribution in [-0.4, -0.2) is 0 Å². The molecule has 2 nitrogen and oxygen atoms in total. The van der Waals surface area contributed by atoms with Gasteiger partial charge < -0.3 is 9.15 Å². The second-order valence-corrected chi connectivity index (χ2v) is 13.6. The van der Waals surface area contributed by atoms with Gasteiger partial charge in [0.05, 0.1) is 0 Å². The monoisotopic (exact) mass is 634 g/mol. The highest BCUT2D eigenvalue weighted by atomic mass is 16.5. The Morgan fingerprint density at radius 1 is 0.320 bits per heavy atom. The summed E-state index contributed by atoms with van der Waals surface area (Å²) in [5.74, 6) is 1.75. The molecule has 2 heterocycles. The predicted molar refractivity (Wildman–Crippen MR) is 209 cm³/mol. The van der Waals surface area contributed by atoms with Crippen molar-refractivity contribution >= 4 is 75.8 Å². The van der Waals surface area contributed by atoms with Crippen molar-refractivity contribution in [2.75, 3.05) is 0 Å². The third kappa shape index (κ3) is 3.42. The molecule has 0 atom stereocenters. The fourth-order valence-electron chi connectivity index (χ4n) is 8.77. The topological polar surface area (TPSA) is 22.4 Å². The summed E-state index contributed by atoms with van der Waals surface area (Å²) in [6, 6.07) is 57.1. The van der Waals surface area contributed by atoms with Crippen molar-refractivity contribution in [2.24, 2.45) is 0 Å². The van der Waals surface area contributed by atoms with Gasteiger partial charge in [0.2, 0.25) is 0 Å². The second-order valence-electron chi connectivity index (χ2n) is 13.6. The highest BCUT2D eigenvalue weighted by molar-refractivity contribution is 6.28. The highest BCUT2D eigenvalue weighted by Crippen LogP contribution is 2.53. The Kier molecular flexibility index (Phi) is 5.00. The largest absolute Gasteiger partial charge is 0.455 e. The highest BCUT2D eigenvalue weighted by Gasteiger charge is 2.26. The molecule has 50 heavy (non-hydrogen) atoms. The van der Waals surface area contributed by atoms with Crippen LogP contribution in [0.25, 0.3) is 109 Å². The molecule has 0 radical (unpaired) electrons. The normalized spacial score (nSPS) is 12.6. The zero-order chi connectivity index (χ0) is 32.5. The molecular formula is C48H26O2. The Hall–Kier alpha value is -6.64. The summed E-state index contributed by atoms with van der Waals surface area (Å²) in [4.78, 5) is 0. The first-order valence-electron chi connectivity index (χ1n) is 17.2. The Morgan fingerprint density at radius 3 is 1.72 bits per heavy atom. The fourth-order valence-corrected chi connectivity index (χ4v) is 8.77. The molecule has 1 aromatic heterocycles. The first-order valence-corrected chi connectivity index (χ1v) is 17.2. The molecule has 1 aliphatic rings. The van der Waals surface area contributed by atoms with Gasteiger partial charge in [0.1, 0.15) is 22.7 Å². The van der Waals surface area contributed by atoms with E-state index in [4.69, 9.17) is 9.15 Å². The summed E-state index contributed by atoms with van der Waals surface area (Å²) >= 11 is 0. The number of hydrogen-bond acceptors (Lipinski definition) is 2. The van der Waals surface area contributed by atoms with Crippen LogP contribution in [0.4, 0.5) is 0 Å². The van der Waals surface area contributed by atoms with Crippen LogP contribution in [0.2, 0.25) is 0 Å². The standard InChI is InChI=1S/C48H26O2/c1-2-8-32-26-42-40(25-31(32)7-1)46-36(33-21-19-30-18-17-28-9-3-10-29-20-22-35(33)45(30)43(28)29)23-24-39(48(46)50-42)38-15-6-14-37-34-13-4-11-27-12-5-16-41(44(27)34)49-47(37)38/h1-26H. The lowest BCUT2D eigenvalue weighted by atomic mass is 9.87. The third-order valence-electron chi connectivity index (χ3n) is 11.0. The van der Waals surface area contributed by atoms with Crippen molar-refractivity contribution in [1.82, 2.24) is 0 Å². The number of furan rings is 1. The number of hydrogen-bond donors (Lipinski definition) is 0. The van der Waals surface area contributed by atoms with Crippen molar-refractivity contribution < 1.29 is 9.15 Å². The molecule has 1 aliphatic heterocycles. The van der Waals surface area contributed by atoms with E-state index in [-0.39, 0.29) is 0 Å². The maximum atomic E-state index is 7.00. The summed E-state index contributed by atoms with van der Waals surface area (Å²) in [5.41, 5.74) is 8.44. The zero-order valence-electron chi connectivity index (χ0n) is 26.8. The Balaban J connectivity index is 1.19. The number of ether oxygens (including phenoxy) is 1. The summed E-state index contributed by atoms with van der Waals surface area (Å²) < 4.78 is 13.8. The van der Waals surface area contributed by atoms with E-state index in [1.807, 2.05) is 0 Å². The molecule has 0 fully saturated rings. The fraction of sp³-hybridized carbons (Fsp3) is 0. The Morgan fingerprint density at radius 2 is 0.880 bits per heavy atom. The minimum absolute atomic E-state index is 0.862. The smallest absolute Gasteiger partial charge is 0.144 e. The van der Waals surface area contributed by atoms with Crippen LogP contribution < -0.4 is 4.74 Å². The summed E-state index contributed by atoms with van der Waals surface area (Å²) in [6.45, 7) is 0. The molecule has 10 aromatic carbocycles. The zero-order valence-corrected chi connectivity index (χ0v) is 26.8. The summed E-state index contributed by atoms with van der Waals surface area (Å²) in [6.07, 6.45) is 0. The van der Waals surface area contributed by atoms with Gasteiger partial charge in [-0.2, -0.15) is 0 Å². The quantitative estimate of drug-likeness (QED) is 0.177. The molecule has 0 saturated heterocycles. The van der Waals surface area contributed by atoms with E-state index in [1.165, 1.54) is 54.2 Å². The van der Waals surface area contributed by atoms with Crippen molar-refractivity contribution in [2.45, 2.75) is 0 Å². The lowest BCUT2D eigenvalue weighted by Gasteiger charge is -2.23. The van der Waals surface area contributed by atoms with Crippen LogP contribution in [0.3, 0.4) is 0 Å². The van der Waals surface area contributed by atoms with Gasteiger partial charge in [0, 0.05) is 32.8 Å². The van der Waals surface area contributed by atoms with Crippen LogP contribution in [0.1, 0.15) is 0 Å². The average Bonchev–Trinajstić information content (AvgIpc) is 3.54. The van der Waals surface area contributed by atoms with Gasteiger partial charge in [-0.15, -0.1) is 0 Å². The van der Waals surface area contributed by atoms with Crippen LogP contribution in [-0.2, 0) is 0 Å². The number of para-hydroxylation sites is 1. The molecule has 11 aromatic rings. The lowest BCUT2D eigenvalue weighted by molar-refractivity contribution is 0.489. The van der Waals surface area contributed by atoms with Gasteiger partial charge in [0.25, 0.3) is 0 Å². The predicted octanol–water partition coefficient (Wildman–Crippen LogP) is 13.9. The van der Waals surface area contributed by atoms with Crippen molar-refractivity contribution in [3.63, 3.8) is 0 Å². The minimum Gasteiger partial charge on any atom is -0.455 e. The van der Waals surface area contributed by atoms with Gasteiger partial charge in [0.15, 0.2) is 0 Å². The first kappa shape index (κ1) is 26.3. The Bertz CT molecular complexity index is 3210. The summed E-state index contributed by atoms with van der Waals surface area (Å²) in [7, 11) is 0. The van der Waals surface area contributed by atoms with E-state index >= 15 is 0 Å². The maximum absolute atomic E-state index is 7.00. The van der Waals surface area contributed by atoms with Crippen LogP contribution in [0, 0.1) is 0 Å².